The number of aryl methyl sites for hydroxylation is 1. The second-order valence-electron chi connectivity index (χ2n) is 8.26. The lowest BCUT2D eigenvalue weighted by atomic mass is 10.1. The van der Waals surface area contributed by atoms with Crippen LogP contribution in [-0.4, -0.2) is 57.6 Å². The summed E-state index contributed by atoms with van der Waals surface area (Å²) in [4.78, 5) is 12.4. The maximum atomic E-state index is 13.5. The summed E-state index contributed by atoms with van der Waals surface area (Å²) in [6.45, 7) is 4.98. The second kappa shape index (κ2) is 10.5. The van der Waals surface area contributed by atoms with Gasteiger partial charge in [0, 0.05) is 11.6 Å². The van der Waals surface area contributed by atoms with E-state index in [4.69, 9.17) is 9.47 Å². The van der Waals surface area contributed by atoms with Crippen molar-refractivity contribution in [2.45, 2.75) is 31.9 Å². The normalized spacial score (nSPS) is 13.1. The SMILES string of the molecule is COc1cccc(OC)c1-n1c(NS(=O)(=O)[C@H](C)[C@@H](C)c2ncc(F)cn2)nnc1-c1cccc(C)n1. The molecule has 194 valence electrons. The van der Waals surface area contributed by atoms with Crippen LogP contribution >= 0.6 is 0 Å². The fourth-order valence-electron chi connectivity index (χ4n) is 3.70. The van der Waals surface area contributed by atoms with Crippen molar-refractivity contribution in [3.8, 4) is 28.7 Å². The highest BCUT2D eigenvalue weighted by Gasteiger charge is 2.32. The van der Waals surface area contributed by atoms with Crippen molar-refractivity contribution in [3.63, 3.8) is 0 Å². The van der Waals surface area contributed by atoms with Crippen LogP contribution < -0.4 is 14.2 Å². The maximum Gasteiger partial charge on any atom is 0.243 e. The molecule has 4 aromatic rings. The summed E-state index contributed by atoms with van der Waals surface area (Å²) >= 11 is 0. The Kier molecular flexibility index (Phi) is 7.34. The first-order chi connectivity index (χ1) is 17.7. The van der Waals surface area contributed by atoms with Crippen LogP contribution in [0, 0.1) is 12.7 Å². The van der Waals surface area contributed by atoms with Crippen LogP contribution in [-0.2, 0) is 10.0 Å². The highest BCUT2D eigenvalue weighted by molar-refractivity contribution is 7.93. The van der Waals surface area contributed by atoms with Gasteiger partial charge in [-0.15, -0.1) is 10.2 Å². The fraction of sp³-hybridized carbons (Fsp3) is 0.292. The van der Waals surface area contributed by atoms with Crippen molar-refractivity contribution < 1.29 is 22.3 Å². The zero-order chi connectivity index (χ0) is 26.7. The van der Waals surface area contributed by atoms with Crippen LogP contribution in [0.3, 0.4) is 0 Å². The quantitative estimate of drug-likeness (QED) is 0.347. The summed E-state index contributed by atoms with van der Waals surface area (Å²) in [5.41, 5.74) is 1.59. The molecule has 0 unspecified atom stereocenters. The van der Waals surface area contributed by atoms with E-state index < -0.39 is 27.0 Å². The van der Waals surface area contributed by atoms with Gasteiger partial charge in [0.05, 0.1) is 31.9 Å². The van der Waals surface area contributed by atoms with Gasteiger partial charge in [-0.1, -0.05) is 19.1 Å². The summed E-state index contributed by atoms with van der Waals surface area (Å²) in [6.07, 6.45) is 1.99. The average Bonchev–Trinajstić information content (AvgIpc) is 3.29. The number of hydrogen-bond acceptors (Lipinski definition) is 9. The molecular formula is C24H26FN7O4S. The number of para-hydroxylation sites is 1. The van der Waals surface area contributed by atoms with Gasteiger partial charge in [0.25, 0.3) is 0 Å². The highest BCUT2D eigenvalue weighted by Crippen LogP contribution is 2.37. The summed E-state index contributed by atoms with van der Waals surface area (Å²) < 4.78 is 55.4. The summed E-state index contributed by atoms with van der Waals surface area (Å²) in [5.74, 6) is -0.109. The number of rotatable bonds is 9. The molecule has 3 heterocycles. The van der Waals surface area contributed by atoms with Crippen LogP contribution in [0.25, 0.3) is 17.2 Å². The Morgan fingerprint density at radius 1 is 0.973 bits per heavy atom. The predicted molar refractivity (Wildman–Crippen MR) is 135 cm³/mol. The minimum absolute atomic E-state index is 0.0971. The summed E-state index contributed by atoms with van der Waals surface area (Å²) in [7, 11) is -1.09. The van der Waals surface area contributed by atoms with Gasteiger partial charge < -0.3 is 9.47 Å². The number of anilines is 1. The number of pyridine rings is 1. The van der Waals surface area contributed by atoms with E-state index in [1.54, 1.807) is 31.2 Å². The molecule has 0 saturated heterocycles. The minimum Gasteiger partial charge on any atom is -0.494 e. The summed E-state index contributed by atoms with van der Waals surface area (Å²) in [6, 6.07) is 10.5. The summed E-state index contributed by atoms with van der Waals surface area (Å²) in [5, 5.41) is 7.40. The van der Waals surface area contributed by atoms with E-state index in [9.17, 15) is 12.8 Å². The Hall–Kier alpha value is -4.13. The molecule has 0 aliphatic heterocycles. The van der Waals surface area contributed by atoms with Gasteiger partial charge in [0.1, 0.15) is 28.7 Å². The Balaban J connectivity index is 1.83. The number of aromatic nitrogens is 6. The number of nitrogens with zero attached hydrogens (tertiary/aromatic N) is 6. The van der Waals surface area contributed by atoms with Crippen LogP contribution in [0.2, 0.25) is 0 Å². The van der Waals surface area contributed by atoms with Crippen molar-refractivity contribution in [1.82, 2.24) is 29.7 Å². The van der Waals surface area contributed by atoms with E-state index in [1.807, 2.05) is 19.1 Å². The fourth-order valence-corrected chi connectivity index (χ4v) is 4.94. The van der Waals surface area contributed by atoms with Gasteiger partial charge in [-0.2, -0.15) is 0 Å². The third-order valence-electron chi connectivity index (χ3n) is 5.88. The number of sulfonamides is 1. The molecule has 0 bridgehead atoms. The molecule has 11 nitrogen and oxygen atoms in total. The van der Waals surface area contributed by atoms with Crippen molar-refractivity contribution in [2.24, 2.45) is 0 Å². The molecule has 1 N–H and O–H groups in total. The number of hydrogen-bond donors (Lipinski definition) is 1. The molecule has 4 rings (SSSR count). The zero-order valence-corrected chi connectivity index (χ0v) is 21.7. The molecule has 1 aromatic carbocycles. The Labute approximate surface area is 213 Å². The molecule has 13 heteroatoms. The Bertz CT molecular complexity index is 1490. The van der Waals surface area contributed by atoms with Crippen molar-refractivity contribution in [3.05, 3.63) is 66.1 Å². The monoisotopic (exact) mass is 527 g/mol. The van der Waals surface area contributed by atoms with Gasteiger partial charge in [-0.25, -0.2) is 27.8 Å². The lowest BCUT2D eigenvalue weighted by Crippen LogP contribution is -2.31. The molecule has 0 spiro atoms. The van der Waals surface area contributed by atoms with E-state index >= 15 is 0 Å². The molecule has 2 atom stereocenters. The molecule has 3 aromatic heterocycles. The van der Waals surface area contributed by atoms with E-state index in [2.05, 4.69) is 29.9 Å². The molecule has 37 heavy (non-hydrogen) atoms. The Morgan fingerprint density at radius 3 is 2.19 bits per heavy atom. The van der Waals surface area contributed by atoms with Crippen LogP contribution in [0.4, 0.5) is 10.3 Å². The first kappa shape index (κ1) is 25.9. The van der Waals surface area contributed by atoms with E-state index in [0.717, 1.165) is 18.1 Å². The number of benzene rings is 1. The van der Waals surface area contributed by atoms with Gasteiger partial charge in [-0.3, -0.25) is 9.29 Å². The van der Waals surface area contributed by atoms with E-state index in [0.29, 0.717) is 22.9 Å². The van der Waals surface area contributed by atoms with Crippen molar-refractivity contribution in [1.29, 1.82) is 0 Å². The molecule has 0 aliphatic rings. The molecule has 0 fully saturated rings. The largest absolute Gasteiger partial charge is 0.494 e. The number of ether oxygens (including phenoxy) is 2. The van der Waals surface area contributed by atoms with Gasteiger partial charge in [0.15, 0.2) is 11.6 Å². The standard InChI is InChI=1S/C24H26FN7O4S/c1-14-8-6-9-18(28-14)23-29-30-24(32(23)21-19(35-4)10-7-11-20(21)36-5)31-37(33,34)16(3)15(2)22-26-12-17(25)13-27-22/h6-13,15-16H,1-5H3,(H,30,31)/t15-,16-/m1/s1. The highest BCUT2D eigenvalue weighted by atomic mass is 32.2. The van der Waals surface area contributed by atoms with Gasteiger partial charge in [-0.05, 0) is 38.1 Å². The second-order valence-corrected chi connectivity index (χ2v) is 10.3. The lowest BCUT2D eigenvalue weighted by Gasteiger charge is -2.21. The van der Waals surface area contributed by atoms with Gasteiger partial charge in [0.2, 0.25) is 16.0 Å². The first-order valence-electron chi connectivity index (χ1n) is 11.3. The van der Waals surface area contributed by atoms with Crippen molar-refractivity contribution in [2.75, 3.05) is 18.9 Å². The molecule has 0 aliphatic carbocycles. The number of methoxy groups -OCH3 is 2. The maximum absolute atomic E-state index is 13.5. The lowest BCUT2D eigenvalue weighted by molar-refractivity contribution is 0.391. The number of nitrogens with one attached hydrogen (secondary N) is 1. The average molecular weight is 528 g/mol. The minimum atomic E-state index is -4.07. The predicted octanol–water partition coefficient (Wildman–Crippen LogP) is 3.52. The van der Waals surface area contributed by atoms with Crippen LogP contribution in [0.5, 0.6) is 11.5 Å². The van der Waals surface area contributed by atoms with Crippen LogP contribution in [0.1, 0.15) is 31.3 Å². The third-order valence-corrected chi connectivity index (χ3v) is 7.73. The number of halogens is 1. The van der Waals surface area contributed by atoms with E-state index in [-0.39, 0.29) is 17.6 Å². The van der Waals surface area contributed by atoms with Crippen molar-refractivity contribution >= 4 is 16.0 Å². The smallest absolute Gasteiger partial charge is 0.243 e. The molecule has 0 amide bonds. The van der Waals surface area contributed by atoms with E-state index in [1.165, 1.54) is 25.7 Å². The van der Waals surface area contributed by atoms with Gasteiger partial charge >= 0.3 is 0 Å². The third kappa shape index (κ3) is 5.21. The van der Waals surface area contributed by atoms with Crippen LogP contribution in [0.15, 0.2) is 48.8 Å². The zero-order valence-electron chi connectivity index (χ0n) is 20.9. The first-order valence-corrected chi connectivity index (χ1v) is 12.8. The Morgan fingerprint density at radius 2 is 1.59 bits per heavy atom. The molecular weight excluding hydrogens is 501 g/mol. The topological polar surface area (TPSA) is 134 Å². The molecule has 0 radical (unpaired) electrons. The molecule has 0 saturated carbocycles.